The van der Waals surface area contributed by atoms with Gasteiger partial charge in [-0.3, -0.25) is 9.59 Å². The van der Waals surface area contributed by atoms with E-state index in [2.05, 4.69) is 0 Å². The number of carbonyl (C=O) groups excluding carboxylic acids is 2. The van der Waals surface area contributed by atoms with Gasteiger partial charge in [0.15, 0.2) is 0 Å². The molecule has 21 heavy (non-hydrogen) atoms. The summed E-state index contributed by atoms with van der Waals surface area (Å²) in [5.41, 5.74) is -1.50. The lowest BCUT2D eigenvalue weighted by Gasteiger charge is -2.51. The fraction of sp³-hybridized carbons (Fsp3) is 0.800. The summed E-state index contributed by atoms with van der Waals surface area (Å²) in [5.74, 6) is -0.799. The predicted octanol–water partition coefficient (Wildman–Crippen LogP) is 1.68. The van der Waals surface area contributed by atoms with Crippen LogP contribution in [0.4, 0.5) is 4.79 Å². The molecule has 2 saturated carbocycles. The molecule has 4 rings (SSSR count). The summed E-state index contributed by atoms with van der Waals surface area (Å²) in [4.78, 5) is 36.8. The molecule has 2 heterocycles. The van der Waals surface area contributed by atoms with Crippen molar-refractivity contribution in [3.05, 3.63) is 0 Å². The number of amides is 1. The van der Waals surface area contributed by atoms with E-state index in [1.54, 1.807) is 4.90 Å². The number of carboxylic acid groups (broad SMARTS) is 1. The predicted molar refractivity (Wildman–Crippen MR) is 72.6 cm³/mol. The third-order valence-electron chi connectivity index (χ3n) is 5.02. The lowest BCUT2D eigenvalue weighted by atomic mass is 9.51. The van der Waals surface area contributed by atoms with Gasteiger partial charge in [-0.05, 0) is 33.1 Å². The number of fused-ring (bicyclic) bond motifs is 1. The molecule has 3 atom stereocenters. The van der Waals surface area contributed by atoms with Crippen molar-refractivity contribution in [2.24, 2.45) is 17.3 Å². The normalized spacial score (nSPS) is 33.2. The summed E-state index contributed by atoms with van der Waals surface area (Å²) in [6.07, 6.45) is 0.681. The largest absolute Gasteiger partial charge is 0.481 e. The van der Waals surface area contributed by atoms with Gasteiger partial charge in [0, 0.05) is 31.3 Å². The second-order valence-electron chi connectivity index (χ2n) is 7.58. The highest BCUT2D eigenvalue weighted by atomic mass is 16.6. The molecule has 1 unspecified atom stereocenters. The lowest BCUT2D eigenvalue weighted by Crippen LogP contribution is -2.59. The number of rotatable bonds is 2. The molecule has 2 saturated heterocycles. The topological polar surface area (TPSA) is 83.9 Å². The Kier molecular flexibility index (Phi) is 2.88. The Morgan fingerprint density at radius 3 is 2.43 bits per heavy atom. The molecule has 0 aromatic rings. The van der Waals surface area contributed by atoms with Gasteiger partial charge in [0.25, 0.3) is 0 Å². The van der Waals surface area contributed by atoms with Gasteiger partial charge in [-0.2, -0.15) is 0 Å². The first-order chi connectivity index (χ1) is 9.64. The minimum Gasteiger partial charge on any atom is -0.481 e. The van der Waals surface area contributed by atoms with Crippen LogP contribution in [0.2, 0.25) is 0 Å². The van der Waals surface area contributed by atoms with Gasteiger partial charge in [-0.15, -0.1) is 0 Å². The Morgan fingerprint density at radius 2 is 1.95 bits per heavy atom. The molecule has 2 aliphatic heterocycles. The number of hydrogen-bond acceptors (Lipinski definition) is 4. The summed E-state index contributed by atoms with van der Waals surface area (Å²) in [6, 6.07) is -0.0888. The highest BCUT2D eigenvalue weighted by Crippen LogP contribution is 2.60. The number of aliphatic carboxylic acids is 1. The van der Waals surface area contributed by atoms with Crippen molar-refractivity contribution < 1.29 is 24.2 Å². The highest BCUT2D eigenvalue weighted by molar-refractivity contribution is 5.97. The van der Waals surface area contributed by atoms with Crippen molar-refractivity contribution in [2.75, 3.05) is 6.54 Å². The molecule has 0 aromatic heterocycles. The van der Waals surface area contributed by atoms with Gasteiger partial charge < -0.3 is 14.7 Å². The van der Waals surface area contributed by atoms with Crippen molar-refractivity contribution in [1.29, 1.82) is 0 Å². The standard InChI is InChI=1S/C15H21NO5/c1-14(2,3)21-13(20)16-7-8-4-10(16)11(8)15(12(18)19)5-9(17)6-15/h8,10-11H,4-7H2,1-3H3,(H,18,19)/t8-,10-,11?/m0/s1. The molecular weight excluding hydrogens is 274 g/mol. The molecule has 6 nitrogen and oxygen atoms in total. The van der Waals surface area contributed by atoms with Gasteiger partial charge in [0.2, 0.25) is 0 Å². The van der Waals surface area contributed by atoms with Crippen LogP contribution in [-0.4, -0.2) is 46.0 Å². The zero-order chi connectivity index (χ0) is 15.6. The van der Waals surface area contributed by atoms with Gasteiger partial charge in [0.1, 0.15) is 11.4 Å². The van der Waals surface area contributed by atoms with Crippen LogP contribution in [0.5, 0.6) is 0 Å². The summed E-state index contributed by atoms with van der Waals surface area (Å²) in [5, 5.41) is 9.52. The number of Topliss-reactive ketones (excluding diaryl/α,β-unsaturated/α-hetero) is 1. The van der Waals surface area contributed by atoms with E-state index in [1.165, 1.54) is 0 Å². The molecule has 0 spiro atoms. The van der Waals surface area contributed by atoms with Gasteiger partial charge >= 0.3 is 12.1 Å². The summed E-state index contributed by atoms with van der Waals surface area (Å²) in [7, 11) is 0. The number of ketones is 1. The van der Waals surface area contributed by atoms with Gasteiger partial charge in [-0.1, -0.05) is 0 Å². The second-order valence-corrected chi connectivity index (χ2v) is 7.58. The second kappa shape index (κ2) is 4.21. The smallest absolute Gasteiger partial charge is 0.410 e. The lowest BCUT2D eigenvalue weighted by molar-refractivity contribution is -0.173. The van der Waals surface area contributed by atoms with Crippen LogP contribution in [0.15, 0.2) is 0 Å². The van der Waals surface area contributed by atoms with Crippen LogP contribution in [0.3, 0.4) is 0 Å². The number of carboxylic acids is 1. The average Bonchev–Trinajstić information content (AvgIpc) is 2.81. The molecule has 2 bridgehead atoms. The van der Waals surface area contributed by atoms with Crippen LogP contribution in [-0.2, 0) is 14.3 Å². The fourth-order valence-corrected chi connectivity index (χ4v) is 4.15. The van der Waals surface area contributed by atoms with Crippen LogP contribution in [0, 0.1) is 17.3 Å². The van der Waals surface area contributed by atoms with E-state index >= 15 is 0 Å². The van der Waals surface area contributed by atoms with Crippen molar-refractivity contribution in [2.45, 2.75) is 51.7 Å². The van der Waals surface area contributed by atoms with Crippen molar-refractivity contribution >= 4 is 17.8 Å². The molecule has 1 N–H and O–H groups in total. The number of ether oxygens (including phenoxy) is 1. The minimum atomic E-state index is -0.943. The van der Waals surface area contributed by atoms with E-state index in [1.807, 2.05) is 20.8 Å². The SMILES string of the molecule is CC(C)(C)OC(=O)N1C[C@@H]2C[C@H]1C2C1(C(=O)O)CC(=O)C1. The zero-order valence-corrected chi connectivity index (χ0v) is 12.6. The van der Waals surface area contributed by atoms with Gasteiger partial charge in [-0.25, -0.2) is 4.79 Å². The van der Waals surface area contributed by atoms with Crippen molar-refractivity contribution in [3.63, 3.8) is 0 Å². The number of hydrogen-bond donors (Lipinski definition) is 1. The van der Waals surface area contributed by atoms with Crippen LogP contribution in [0.25, 0.3) is 0 Å². The summed E-state index contributed by atoms with van der Waals surface area (Å²) in [6.45, 7) is 5.98. The quantitative estimate of drug-likeness (QED) is 0.838. The molecule has 6 heteroatoms. The van der Waals surface area contributed by atoms with Crippen LogP contribution in [0.1, 0.15) is 40.0 Å². The van der Waals surface area contributed by atoms with E-state index in [4.69, 9.17) is 4.74 Å². The molecule has 4 fully saturated rings. The van der Waals surface area contributed by atoms with Crippen LogP contribution >= 0.6 is 0 Å². The van der Waals surface area contributed by atoms with Crippen molar-refractivity contribution in [3.8, 4) is 0 Å². The minimum absolute atomic E-state index is 0.00696. The van der Waals surface area contributed by atoms with E-state index in [-0.39, 0.29) is 42.6 Å². The Balaban J connectivity index is 1.74. The maximum absolute atomic E-state index is 12.2. The molecule has 2 aliphatic carbocycles. The number of carbonyl (C=O) groups is 3. The van der Waals surface area contributed by atoms with E-state index in [0.29, 0.717) is 6.54 Å². The summed E-state index contributed by atoms with van der Waals surface area (Å²) < 4.78 is 5.39. The maximum atomic E-state index is 12.2. The summed E-state index contributed by atoms with van der Waals surface area (Å²) >= 11 is 0. The third-order valence-corrected chi connectivity index (χ3v) is 5.02. The van der Waals surface area contributed by atoms with E-state index in [9.17, 15) is 19.5 Å². The molecule has 0 radical (unpaired) electrons. The Hall–Kier alpha value is -1.59. The van der Waals surface area contributed by atoms with E-state index in [0.717, 1.165) is 6.42 Å². The molecule has 4 aliphatic rings. The van der Waals surface area contributed by atoms with Crippen molar-refractivity contribution in [1.82, 2.24) is 4.90 Å². The van der Waals surface area contributed by atoms with E-state index < -0.39 is 17.0 Å². The maximum Gasteiger partial charge on any atom is 0.410 e. The molecule has 0 aromatic carbocycles. The Morgan fingerprint density at radius 1 is 1.33 bits per heavy atom. The Bertz CT molecular complexity index is 513. The first-order valence-corrected chi connectivity index (χ1v) is 7.39. The molecule has 1 amide bonds. The fourth-order valence-electron chi connectivity index (χ4n) is 4.15. The third kappa shape index (κ3) is 2.03. The van der Waals surface area contributed by atoms with Crippen LogP contribution < -0.4 is 0 Å². The zero-order valence-electron chi connectivity index (χ0n) is 12.6. The molecule has 116 valence electrons. The first-order valence-electron chi connectivity index (χ1n) is 7.39. The highest BCUT2D eigenvalue weighted by Gasteiger charge is 2.68. The molecular formula is C15H21NO5. The van der Waals surface area contributed by atoms with Gasteiger partial charge in [0.05, 0.1) is 5.41 Å². The average molecular weight is 295 g/mol. The number of nitrogens with zero attached hydrogens (tertiary/aromatic N) is 1. The first kappa shape index (κ1) is 14.4. The monoisotopic (exact) mass is 295 g/mol. The Labute approximate surface area is 123 Å².